The summed E-state index contributed by atoms with van der Waals surface area (Å²) in [5, 5.41) is 0.141. The van der Waals surface area contributed by atoms with Gasteiger partial charge in [-0.2, -0.15) is 0 Å². The fourth-order valence-electron chi connectivity index (χ4n) is 5.87. The normalized spacial score (nSPS) is 38.3. The van der Waals surface area contributed by atoms with Crippen LogP contribution in [0.2, 0.25) is 36.3 Å². The van der Waals surface area contributed by atoms with E-state index in [4.69, 9.17) is 23.1 Å². The van der Waals surface area contributed by atoms with Crippen molar-refractivity contribution in [3.8, 4) is 0 Å². The molecule has 1 aliphatic carbocycles. The molecular formula is C30H58O6Si2. The minimum atomic E-state index is -2.14. The summed E-state index contributed by atoms with van der Waals surface area (Å²) in [5.74, 6) is -0.825. The molecule has 0 aromatic rings. The molecule has 0 bridgehead atoms. The predicted octanol–water partition coefficient (Wildman–Crippen LogP) is 7.53. The van der Waals surface area contributed by atoms with E-state index in [9.17, 15) is 4.79 Å². The van der Waals surface area contributed by atoms with E-state index in [0.29, 0.717) is 19.4 Å². The fourth-order valence-corrected chi connectivity index (χ4v) is 8.68. The number of fused-ring (bicyclic) bond motifs is 1. The summed E-state index contributed by atoms with van der Waals surface area (Å²) >= 11 is 0. The molecule has 0 amide bonds. The quantitative estimate of drug-likeness (QED) is 0.233. The summed E-state index contributed by atoms with van der Waals surface area (Å²) in [5.41, 5.74) is -1.00. The van der Waals surface area contributed by atoms with Gasteiger partial charge in [0.1, 0.15) is 0 Å². The zero-order valence-electron chi connectivity index (χ0n) is 27.1. The van der Waals surface area contributed by atoms with Crippen LogP contribution in [0.3, 0.4) is 0 Å². The van der Waals surface area contributed by atoms with Crippen molar-refractivity contribution in [2.75, 3.05) is 6.61 Å². The van der Waals surface area contributed by atoms with E-state index in [2.05, 4.69) is 95.4 Å². The summed E-state index contributed by atoms with van der Waals surface area (Å²) in [7, 11) is -4.20. The van der Waals surface area contributed by atoms with Crippen molar-refractivity contribution >= 4 is 22.6 Å². The van der Waals surface area contributed by atoms with Crippen LogP contribution in [0.1, 0.15) is 89.0 Å². The molecule has 0 unspecified atom stereocenters. The van der Waals surface area contributed by atoms with Crippen molar-refractivity contribution in [3.05, 3.63) is 0 Å². The fraction of sp³-hybridized carbons (Fsp3) is 0.967. The summed E-state index contributed by atoms with van der Waals surface area (Å²) in [6.07, 6.45) is 1.00. The van der Waals surface area contributed by atoms with E-state index in [1.807, 2.05) is 6.92 Å². The molecule has 2 saturated heterocycles. The van der Waals surface area contributed by atoms with Crippen LogP contribution in [-0.4, -0.2) is 58.9 Å². The Labute approximate surface area is 235 Å². The van der Waals surface area contributed by atoms with Gasteiger partial charge < -0.3 is 23.1 Å². The zero-order chi connectivity index (χ0) is 29.3. The van der Waals surface area contributed by atoms with Gasteiger partial charge in [-0.15, -0.1) is 0 Å². The van der Waals surface area contributed by atoms with E-state index in [-0.39, 0.29) is 58.0 Å². The molecule has 2 heterocycles. The van der Waals surface area contributed by atoms with Gasteiger partial charge in [0.05, 0.1) is 24.9 Å². The van der Waals surface area contributed by atoms with Gasteiger partial charge in [-0.3, -0.25) is 0 Å². The smallest absolute Gasteiger partial charge is 0.338 e. The monoisotopic (exact) mass is 570 g/mol. The molecule has 0 N–H and O–H groups in total. The lowest BCUT2D eigenvalue weighted by Gasteiger charge is -2.57. The van der Waals surface area contributed by atoms with Gasteiger partial charge >= 0.3 is 5.97 Å². The second-order valence-electron chi connectivity index (χ2n) is 15.8. The van der Waals surface area contributed by atoms with Crippen molar-refractivity contribution in [1.29, 1.82) is 0 Å². The van der Waals surface area contributed by atoms with Crippen molar-refractivity contribution < 1.29 is 27.9 Å². The first kappa shape index (κ1) is 32.3. The third kappa shape index (κ3) is 5.60. The van der Waals surface area contributed by atoms with Crippen LogP contribution in [0.25, 0.3) is 0 Å². The summed E-state index contributed by atoms with van der Waals surface area (Å²) in [6, 6.07) is 0. The highest BCUT2D eigenvalue weighted by atomic mass is 28.4. The Bertz CT molecular complexity index is 875. The minimum absolute atomic E-state index is 0.0171. The maximum atomic E-state index is 13.5. The number of hydrogen-bond acceptors (Lipinski definition) is 6. The number of carbonyl (C=O) groups excluding carboxylic acids is 1. The number of esters is 1. The highest BCUT2D eigenvalue weighted by molar-refractivity contribution is 6.74. The van der Waals surface area contributed by atoms with E-state index in [1.54, 1.807) is 0 Å². The van der Waals surface area contributed by atoms with E-state index in [1.165, 1.54) is 0 Å². The molecule has 0 radical (unpaired) electrons. The molecule has 1 saturated carbocycles. The molecule has 8 atom stereocenters. The Morgan fingerprint density at radius 3 is 1.95 bits per heavy atom. The number of hydrogen-bond donors (Lipinski definition) is 0. The van der Waals surface area contributed by atoms with Crippen LogP contribution < -0.4 is 0 Å². The van der Waals surface area contributed by atoms with Crippen LogP contribution in [0, 0.1) is 23.7 Å². The van der Waals surface area contributed by atoms with E-state index < -0.39 is 28.0 Å². The second kappa shape index (κ2) is 10.2. The summed E-state index contributed by atoms with van der Waals surface area (Å²) < 4.78 is 33.9. The maximum Gasteiger partial charge on any atom is 0.338 e. The molecule has 3 rings (SSSR count). The number of ether oxygens (including phenoxy) is 3. The molecule has 38 heavy (non-hydrogen) atoms. The molecule has 2 aliphatic heterocycles. The van der Waals surface area contributed by atoms with Gasteiger partial charge in [-0.05, 0) is 55.5 Å². The molecule has 6 nitrogen and oxygen atoms in total. The SMILES string of the molecule is CCOC(=O)[C@]12C[C@H]1[C@@H](O[Si](C)(C)C(C)(C)C)[C@H](C)[C@]1(C[C@@H](O[Si](C)(C)C(C)(C)C)[C@H](C)[C@@H](C(C)C)O1)O2. The molecule has 8 heteroatoms. The highest BCUT2D eigenvalue weighted by Crippen LogP contribution is 2.63. The largest absolute Gasteiger partial charge is 0.464 e. The number of rotatable bonds is 7. The first-order chi connectivity index (χ1) is 17.1. The average Bonchev–Trinajstić information content (AvgIpc) is 3.47. The molecule has 3 fully saturated rings. The van der Waals surface area contributed by atoms with E-state index >= 15 is 0 Å². The van der Waals surface area contributed by atoms with Crippen molar-refractivity contribution in [3.63, 3.8) is 0 Å². The minimum Gasteiger partial charge on any atom is -0.464 e. The Kier molecular flexibility index (Phi) is 8.68. The summed E-state index contributed by atoms with van der Waals surface area (Å²) in [6.45, 7) is 33.9. The molecule has 1 spiro atoms. The van der Waals surface area contributed by atoms with Crippen LogP contribution >= 0.6 is 0 Å². The van der Waals surface area contributed by atoms with Gasteiger partial charge in [-0.1, -0.05) is 69.2 Å². The Balaban J connectivity index is 2.08. The second-order valence-corrected chi connectivity index (χ2v) is 25.3. The van der Waals surface area contributed by atoms with Gasteiger partial charge in [0, 0.05) is 24.2 Å². The van der Waals surface area contributed by atoms with Gasteiger partial charge in [-0.25, -0.2) is 4.79 Å². The van der Waals surface area contributed by atoms with Crippen LogP contribution in [0.5, 0.6) is 0 Å². The zero-order valence-corrected chi connectivity index (χ0v) is 29.1. The van der Waals surface area contributed by atoms with Gasteiger partial charge in [0.15, 0.2) is 28.0 Å². The lowest BCUT2D eigenvalue weighted by molar-refractivity contribution is -0.373. The highest BCUT2D eigenvalue weighted by Gasteiger charge is 2.76. The van der Waals surface area contributed by atoms with Crippen molar-refractivity contribution in [2.45, 2.75) is 155 Å². The Morgan fingerprint density at radius 2 is 1.47 bits per heavy atom. The lowest BCUT2D eigenvalue weighted by atomic mass is 9.77. The molecule has 0 aromatic carbocycles. The van der Waals surface area contributed by atoms with Gasteiger partial charge in [0.2, 0.25) is 0 Å². The standard InChI is InChI=1S/C30H58O6Si2/c1-16-32-26(31)29-17-22(29)25(35-38(14,15)28(9,10)11)21(5)30(36-29)18-23(20(4)24(33-30)19(2)3)34-37(12,13)27(6,7)8/h19-25H,16-18H2,1-15H3/t20-,21-,22-,23+,24+,25-,29-,30-/m0/s1. The predicted molar refractivity (Wildman–Crippen MR) is 158 cm³/mol. The molecular weight excluding hydrogens is 512 g/mol. The molecule has 222 valence electrons. The topological polar surface area (TPSA) is 63.2 Å². The first-order valence-corrected chi connectivity index (χ1v) is 20.8. The Hall–Kier alpha value is -0.256. The molecule has 3 aliphatic rings. The Morgan fingerprint density at radius 1 is 0.947 bits per heavy atom. The maximum absolute atomic E-state index is 13.5. The van der Waals surface area contributed by atoms with Crippen LogP contribution in [0.15, 0.2) is 0 Å². The lowest BCUT2D eigenvalue weighted by Crippen LogP contribution is -2.66. The third-order valence-corrected chi connectivity index (χ3v) is 19.6. The number of carbonyl (C=O) groups is 1. The summed E-state index contributed by atoms with van der Waals surface area (Å²) in [4.78, 5) is 13.5. The van der Waals surface area contributed by atoms with Crippen molar-refractivity contribution in [2.24, 2.45) is 23.7 Å². The first-order valence-electron chi connectivity index (χ1n) is 15.0. The van der Waals surface area contributed by atoms with Crippen molar-refractivity contribution in [1.82, 2.24) is 0 Å². The van der Waals surface area contributed by atoms with Crippen LogP contribution in [0.4, 0.5) is 0 Å². The molecule has 0 aromatic heterocycles. The van der Waals surface area contributed by atoms with Gasteiger partial charge in [0.25, 0.3) is 0 Å². The van der Waals surface area contributed by atoms with E-state index in [0.717, 1.165) is 0 Å². The van der Waals surface area contributed by atoms with Crippen LogP contribution in [-0.2, 0) is 27.9 Å². The average molecular weight is 571 g/mol. The third-order valence-electron chi connectivity index (χ3n) is 10.6.